The number of nitrogens with zero attached hydrogens (tertiary/aromatic N) is 2. The molecule has 0 saturated carbocycles. The van der Waals surface area contributed by atoms with Crippen molar-refractivity contribution < 1.29 is 18.0 Å². The maximum atomic E-state index is 13.2. The van der Waals surface area contributed by atoms with Crippen LogP contribution in [0.25, 0.3) is 0 Å². The van der Waals surface area contributed by atoms with Gasteiger partial charge in [0.15, 0.2) is 11.6 Å². The smallest absolute Gasteiger partial charge is 0.393 e. The van der Waals surface area contributed by atoms with Crippen LogP contribution in [0.4, 0.5) is 36.2 Å². The molecule has 150 valence electrons. The Balaban J connectivity index is 1.79. The highest BCUT2D eigenvalue weighted by atomic mass is 79.9. The molecule has 0 unspecified atom stereocenters. The van der Waals surface area contributed by atoms with Crippen LogP contribution in [0.2, 0.25) is 0 Å². The zero-order valence-corrected chi connectivity index (χ0v) is 16.2. The molecule has 0 radical (unpaired) electrons. The summed E-state index contributed by atoms with van der Waals surface area (Å²) in [5, 5.41) is 2.56. The quantitative estimate of drug-likeness (QED) is 0.417. The lowest BCUT2D eigenvalue weighted by Gasteiger charge is -2.16. The van der Waals surface area contributed by atoms with Crippen LogP contribution in [0.3, 0.4) is 0 Å². The lowest BCUT2D eigenvalue weighted by Crippen LogP contribution is -2.30. The SMILES string of the molecule is Nc1c(NNC(=O)c2ccccc2Br)ncnc1Nc1ccccc1C(F)(F)F. The van der Waals surface area contributed by atoms with Gasteiger partial charge in [0.25, 0.3) is 5.91 Å². The van der Waals surface area contributed by atoms with Crippen LogP contribution < -0.4 is 21.9 Å². The normalized spacial score (nSPS) is 11.0. The number of rotatable bonds is 5. The van der Waals surface area contributed by atoms with E-state index >= 15 is 0 Å². The van der Waals surface area contributed by atoms with Gasteiger partial charge in [0.1, 0.15) is 12.0 Å². The van der Waals surface area contributed by atoms with Crippen molar-refractivity contribution >= 4 is 44.8 Å². The van der Waals surface area contributed by atoms with E-state index in [0.717, 1.165) is 12.4 Å². The summed E-state index contributed by atoms with van der Waals surface area (Å²) in [5.41, 5.74) is 10.1. The molecule has 1 heterocycles. The number of aromatic nitrogens is 2. The number of anilines is 4. The number of halogens is 4. The van der Waals surface area contributed by atoms with Crippen LogP contribution in [-0.2, 0) is 6.18 Å². The Kier molecular flexibility index (Phi) is 5.87. The summed E-state index contributed by atoms with van der Waals surface area (Å²) < 4.78 is 40.1. The number of hydrazine groups is 1. The second-order valence-electron chi connectivity index (χ2n) is 5.71. The molecule has 0 aliphatic rings. The van der Waals surface area contributed by atoms with E-state index in [0.29, 0.717) is 10.0 Å². The van der Waals surface area contributed by atoms with Crippen LogP contribution in [-0.4, -0.2) is 15.9 Å². The highest BCUT2D eigenvalue weighted by Crippen LogP contribution is 2.36. The molecule has 3 rings (SSSR count). The van der Waals surface area contributed by atoms with E-state index in [1.54, 1.807) is 24.3 Å². The van der Waals surface area contributed by atoms with Gasteiger partial charge < -0.3 is 11.1 Å². The molecule has 0 aliphatic heterocycles. The number of nitrogen functional groups attached to an aromatic ring is 1. The van der Waals surface area contributed by atoms with E-state index in [1.165, 1.54) is 18.2 Å². The topological polar surface area (TPSA) is 105 Å². The zero-order chi connectivity index (χ0) is 21.0. The molecule has 0 saturated heterocycles. The number of hydrogen-bond acceptors (Lipinski definition) is 6. The average molecular weight is 467 g/mol. The molecule has 1 amide bonds. The summed E-state index contributed by atoms with van der Waals surface area (Å²) in [4.78, 5) is 20.0. The molecule has 0 atom stereocenters. The average Bonchev–Trinajstić information content (AvgIpc) is 2.68. The van der Waals surface area contributed by atoms with E-state index in [2.05, 4.69) is 42.1 Å². The van der Waals surface area contributed by atoms with Crippen molar-refractivity contribution in [2.45, 2.75) is 6.18 Å². The standard InChI is InChI=1S/C18H14BrF3N6O/c19-12-7-3-1-5-10(12)17(29)28-27-16-14(23)15(24-9-25-16)26-13-8-4-2-6-11(13)18(20,21)22/h1-9H,23H2,(H,28,29)(H2,24,25,26,27). The molecule has 2 aromatic carbocycles. The minimum Gasteiger partial charge on any atom is -0.393 e. The molecule has 3 aromatic rings. The Morgan fingerprint density at radius 1 is 1.00 bits per heavy atom. The maximum absolute atomic E-state index is 13.2. The molecular weight excluding hydrogens is 453 g/mol. The van der Waals surface area contributed by atoms with E-state index in [-0.39, 0.29) is 23.0 Å². The predicted octanol–water partition coefficient (Wildman–Crippen LogP) is 4.34. The van der Waals surface area contributed by atoms with E-state index in [1.807, 2.05) is 0 Å². The summed E-state index contributed by atoms with van der Waals surface area (Å²) in [7, 11) is 0. The van der Waals surface area contributed by atoms with Crippen LogP contribution in [0.5, 0.6) is 0 Å². The number of carbonyl (C=O) groups is 1. The summed E-state index contributed by atoms with van der Waals surface area (Å²) in [6.45, 7) is 0. The third-order valence-corrected chi connectivity index (χ3v) is 4.47. The number of carbonyl (C=O) groups excluding carboxylic acids is 1. The van der Waals surface area contributed by atoms with Gasteiger partial charge in [-0.1, -0.05) is 24.3 Å². The van der Waals surface area contributed by atoms with E-state index < -0.39 is 17.6 Å². The van der Waals surface area contributed by atoms with Crippen molar-refractivity contribution in [1.29, 1.82) is 0 Å². The lowest BCUT2D eigenvalue weighted by atomic mass is 10.1. The van der Waals surface area contributed by atoms with Crippen molar-refractivity contribution in [2.75, 3.05) is 16.5 Å². The number of hydrogen-bond donors (Lipinski definition) is 4. The summed E-state index contributed by atoms with van der Waals surface area (Å²) >= 11 is 3.27. The second-order valence-corrected chi connectivity index (χ2v) is 6.57. The second kappa shape index (κ2) is 8.35. The molecule has 11 heteroatoms. The molecule has 29 heavy (non-hydrogen) atoms. The molecule has 5 N–H and O–H groups in total. The van der Waals surface area contributed by atoms with Crippen molar-refractivity contribution in [2.24, 2.45) is 0 Å². The maximum Gasteiger partial charge on any atom is 0.418 e. The van der Waals surface area contributed by atoms with Gasteiger partial charge in [0, 0.05) is 4.47 Å². The number of para-hydroxylation sites is 1. The largest absolute Gasteiger partial charge is 0.418 e. The molecule has 0 fully saturated rings. The first-order valence-electron chi connectivity index (χ1n) is 8.12. The van der Waals surface area contributed by atoms with Crippen molar-refractivity contribution in [3.8, 4) is 0 Å². The first-order valence-corrected chi connectivity index (χ1v) is 8.91. The monoisotopic (exact) mass is 466 g/mol. The minimum absolute atomic E-state index is 0.0207. The summed E-state index contributed by atoms with van der Waals surface area (Å²) in [6.07, 6.45) is -3.45. The Labute approximate surface area is 171 Å². The van der Waals surface area contributed by atoms with Crippen molar-refractivity contribution in [3.05, 3.63) is 70.5 Å². The van der Waals surface area contributed by atoms with Gasteiger partial charge in [-0.3, -0.25) is 15.6 Å². The number of alkyl halides is 3. The van der Waals surface area contributed by atoms with Gasteiger partial charge >= 0.3 is 6.18 Å². The van der Waals surface area contributed by atoms with Crippen LogP contribution in [0.1, 0.15) is 15.9 Å². The van der Waals surface area contributed by atoms with Crippen LogP contribution >= 0.6 is 15.9 Å². The van der Waals surface area contributed by atoms with Crippen LogP contribution in [0, 0.1) is 0 Å². The summed E-state index contributed by atoms with van der Waals surface area (Å²) in [5.74, 6) is -0.492. The molecule has 1 aromatic heterocycles. The Morgan fingerprint density at radius 3 is 2.38 bits per heavy atom. The molecular formula is C18H14BrF3N6O. The molecule has 0 spiro atoms. The first kappa shape index (κ1) is 20.4. The Morgan fingerprint density at radius 2 is 1.66 bits per heavy atom. The van der Waals surface area contributed by atoms with E-state index in [9.17, 15) is 18.0 Å². The summed E-state index contributed by atoms with van der Waals surface area (Å²) in [6, 6.07) is 11.7. The first-order chi connectivity index (χ1) is 13.8. The predicted molar refractivity (Wildman–Crippen MR) is 106 cm³/mol. The Hall–Kier alpha value is -3.34. The number of nitrogens with two attached hydrogens (primary N) is 1. The zero-order valence-electron chi connectivity index (χ0n) is 14.6. The number of benzene rings is 2. The lowest BCUT2D eigenvalue weighted by molar-refractivity contribution is -0.136. The molecule has 7 nitrogen and oxygen atoms in total. The van der Waals surface area contributed by atoms with Gasteiger partial charge in [0.2, 0.25) is 0 Å². The molecule has 0 bridgehead atoms. The van der Waals surface area contributed by atoms with E-state index in [4.69, 9.17) is 5.73 Å². The van der Waals surface area contributed by atoms with Crippen molar-refractivity contribution in [3.63, 3.8) is 0 Å². The van der Waals surface area contributed by atoms with Crippen molar-refractivity contribution in [1.82, 2.24) is 15.4 Å². The number of amides is 1. The fourth-order valence-electron chi connectivity index (χ4n) is 2.39. The highest BCUT2D eigenvalue weighted by molar-refractivity contribution is 9.10. The highest BCUT2D eigenvalue weighted by Gasteiger charge is 2.33. The van der Waals surface area contributed by atoms with Gasteiger partial charge in [-0.15, -0.1) is 0 Å². The fraction of sp³-hybridized carbons (Fsp3) is 0.0556. The van der Waals surface area contributed by atoms with Gasteiger partial charge in [0.05, 0.1) is 16.8 Å². The molecule has 0 aliphatic carbocycles. The fourth-order valence-corrected chi connectivity index (χ4v) is 2.86. The van der Waals surface area contributed by atoms with Gasteiger partial charge in [-0.05, 0) is 40.2 Å². The van der Waals surface area contributed by atoms with Gasteiger partial charge in [-0.2, -0.15) is 13.2 Å². The van der Waals surface area contributed by atoms with Crippen LogP contribution in [0.15, 0.2) is 59.3 Å². The number of nitrogens with one attached hydrogen (secondary N) is 3. The van der Waals surface area contributed by atoms with Gasteiger partial charge in [-0.25, -0.2) is 9.97 Å². The third kappa shape index (κ3) is 4.74. The Bertz CT molecular complexity index is 1040. The third-order valence-electron chi connectivity index (χ3n) is 3.78. The minimum atomic E-state index is -4.55.